The van der Waals surface area contributed by atoms with Gasteiger partial charge < -0.3 is 9.26 Å². The van der Waals surface area contributed by atoms with Crippen molar-refractivity contribution in [3.05, 3.63) is 65.7 Å². The van der Waals surface area contributed by atoms with Gasteiger partial charge in [0.05, 0.1) is 0 Å². The summed E-state index contributed by atoms with van der Waals surface area (Å²) in [6, 6.07) is 17.9. The number of para-hydroxylation sites is 1. The van der Waals surface area contributed by atoms with Crippen molar-refractivity contribution >= 4 is 23.4 Å². The molecular weight excluding hydrogens is 316 g/mol. The SMILES string of the molecule is O=C(COc1ccccc1)Nc1cc(-c2ccc(Cl)cc2)no1. The maximum absolute atomic E-state index is 11.8. The van der Waals surface area contributed by atoms with Gasteiger partial charge in [-0.25, -0.2) is 0 Å². The number of anilines is 1. The Kier molecular flexibility index (Phi) is 4.59. The van der Waals surface area contributed by atoms with E-state index >= 15 is 0 Å². The molecule has 0 bridgehead atoms. The molecule has 3 rings (SSSR count). The van der Waals surface area contributed by atoms with Crippen molar-refractivity contribution in [3.63, 3.8) is 0 Å². The monoisotopic (exact) mass is 328 g/mol. The van der Waals surface area contributed by atoms with Crippen LogP contribution in [0.4, 0.5) is 5.88 Å². The van der Waals surface area contributed by atoms with Gasteiger partial charge in [-0.15, -0.1) is 0 Å². The van der Waals surface area contributed by atoms with Crippen molar-refractivity contribution in [1.29, 1.82) is 0 Å². The topological polar surface area (TPSA) is 64.4 Å². The summed E-state index contributed by atoms with van der Waals surface area (Å²) in [5.41, 5.74) is 1.46. The van der Waals surface area contributed by atoms with Gasteiger partial charge in [0.1, 0.15) is 11.4 Å². The predicted octanol–water partition coefficient (Wildman–Crippen LogP) is 4.01. The summed E-state index contributed by atoms with van der Waals surface area (Å²) in [4.78, 5) is 11.8. The molecule has 0 aliphatic rings. The van der Waals surface area contributed by atoms with Crippen LogP contribution >= 0.6 is 11.6 Å². The Morgan fingerprint density at radius 3 is 2.61 bits per heavy atom. The van der Waals surface area contributed by atoms with Gasteiger partial charge in [-0.05, 0) is 24.3 Å². The number of hydrogen-bond donors (Lipinski definition) is 1. The van der Waals surface area contributed by atoms with E-state index < -0.39 is 0 Å². The normalized spacial score (nSPS) is 10.3. The lowest BCUT2D eigenvalue weighted by Gasteiger charge is -2.04. The molecule has 0 aliphatic carbocycles. The highest BCUT2D eigenvalue weighted by atomic mass is 35.5. The van der Waals surface area contributed by atoms with Crippen LogP contribution in [0.25, 0.3) is 11.3 Å². The third-order valence-electron chi connectivity index (χ3n) is 3.03. The maximum Gasteiger partial charge on any atom is 0.264 e. The van der Waals surface area contributed by atoms with Crippen LogP contribution in [0, 0.1) is 0 Å². The molecule has 1 aromatic heterocycles. The molecule has 0 radical (unpaired) electrons. The summed E-state index contributed by atoms with van der Waals surface area (Å²) >= 11 is 5.84. The Labute approximate surface area is 137 Å². The van der Waals surface area contributed by atoms with Crippen molar-refractivity contribution in [2.75, 3.05) is 11.9 Å². The zero-order valence-electron chi connectivity index (χ0n) is 12.0. The summed E-state index contributed by atoms with van der Waals surface area (Å²) in [7, 11) is 0. The smallest absolute Gasteiger partial charge is 0.264 e. The second kappa shape index (κ2) is 6.98. The number of nitrogens with zero attached hydrogens (tertiary/aromatic N) is 1. The standard InChI is InChI=1S/C17H13ClN2O3/c18-13-8-6-12(7-9-13)15-10-17(23-20-15)19-16(21)11-22-14-4-2-1-3-5-14/h1-10H,11H2,(H,19,21). The highest BCUT2D eigenvalue weighted by molar-refractivity contribution is 6.30. The van der Waals surface area contributed by atoms with E-state index in [-0.39, 0.29) is 18.4 Å². The maximum atomic E-state index is 11.8. The number of benzene rings is 2. The Hall–Kier alpha value is -2.79. The Bertz CT molecular complexity index is 785. The number of ether oxygens (including phenoxy) is 1. The first-order valence-electron chi connectivity index (χ1n) is 6.91. The van der Waals surface area contributed by atoms with Gasteiger partial charge in [-0.3, -0.25) is 10.1 Å². The fourth-order valence-corrected chi connectivity index (χ4v) is 2.06. The highest BCUT2D eigenvalue weighted by Crippen LogP contribution is 2.23. The summed E-state index contributed by atoms with van der Waals surface area (Å²) in [6.07, 6.45) is 0. The second-order valence-electron chi connectivity index (χ2n) is 4.73. The summed E-state index contributed by atoms with van der Waals surface area (Å²) < 4.78 is 10.5. The fourth-order valence-electron chi connectivity index (χ4n) is 1.93. The van der Waals surface area contributed by atoms with Gasteiger partial charge in [0.15, 0.2) is 6.61 Å². The largest absolute Gasteiger partial charge is 0.484 e. The van der Waals surface area contributed by atoms with Gasteiger partial charge in [-0.1, -0.05) is 47.1 Å². The minimum absolute atomic E-state index is 0.110. The Balaban J connectivity index is 1.58. The molecule has 0 atom stereocenters. The second-order valence-corrected chi connectivity index (χ2v) is 5.17. The lowest BCUT2D eigenvalue weighted by molar-refractivity contribution is -0.118. The summed E-state index contributed by atoms with van der Waals surface area (Å²) in [5, 5.41) is 7.15. The van der Waals surface area contributed by atoms with Crippen LogP contribution in [0.1, 0.15) is 0 Å². The number of nitrogens with one attached hydrogen (secondary N) is 1. The third kappa shape index (κ3) is 4.11. The number of halogens is 1. The van der Waals surface area contributed by atoms with Gasteiger partial charge >= 0.3 is 0 Å². The van der Waals surface area contributed by atoms with Crippen LogP contribution in [0.2, 0.25) is 5.02 Å². The molecule has 0 spiro atoms. The van der Waals surface area contributed by atoms with E-state index in [0.717, 1.165) is 5.56 Å². The molecule has 5 nitrogen and oxygen atoms in total. The van der Waals surface area contributed by atoms with Gasteiger partial charge in [0, 0.05) is 16.7 Å². The first-order chi connectivity index (χ1) is 11.2. The molecule has 0 fully saturated rings. The predicted molar refractivity (Wildman–Crippen MR) is 87.5 cm³/mol. The number of hydrogen-bond acceptors (Lipinski definition) is 4. The van der Waals surface area contributed by atoms with Crippen molar-refractivity contribution in [2.45, 2.75) is 0 Å². The van der Waals surface area contributed by atoms with Crippen LogP contribution in [0.5, 0.6) is 5.75 Å². The molecule has 23 heavy (non-hydrogen) atoms. The van der Waals surface area contributed by atoms with Gasteiger partial charge in [-0.2, -0.15) is 0 Å². The van der Waals surface area contributed by atoms with Crippen LogP contribution in [-0.2, 0) is 4.79 Å². The minimum Gasteiger partial charge on any atom is -0.484 e. The number of carbonyl (C=O) groups excluding carboxylic acids is 1. The summed E-state index contributed by atoms with van der Waals surface area (Å²) in [6.45, 7) is -0.110. The molecule has 1 heterocycles. The fraction of sp³-hybridized carbons (Fsp3) is 0.0588. The molecule has 2 aromatic carbocycles. The lowest BCUT2D eigenvalue weighted by atomic mass is 10.1. The lowest BCUT2D eigenvalue weighted by Crippen LogP contribution is -2.19. The van der Waals surface area contributed by atoms with Crippen LogP contribution < -0.4 is 10.1 Å². The van der Waals surface area contributed by atoms with Crippen LogP contribution in [0.3, 0.4) is 0 Å². The molecule has 3 aromatic rings. The Morgan fingerprint density at radius 2 is 1.87 bits per heavy atom. The van der Waals surface area contributed by atoms with E-state index in [9.17, 15) is 4.79 Å². The highest BCUT2D eigenvalue weighted by Gasteiger charge is 2.10. The molecule has 0 saturated heterocycles. The van der Waals surface area contributed by atoms with E-state index in [4.69, 9.17) is 20.9 Å². The number of amides is 1. The third-order valence-corrected chi connectivity index (χ3v) is 3.28. The van der Waals surface area contributed by atoms with E-state index in [2.05, 4.69) is 10.5 Å². The molecule has 116 valence electrons. The molecule has 0 saturated carbocycles. The van der Waals surface area contributed by atoms with Crippen molar-refractivity contribution in [1.82, 2.24) is 5.16 Å². The van der Waals surface area contributed by atoms with Crippen molar-refractivity contribution < 1.29 is 14.1 Å². The molecule has 1 amide bonds. The Morgan fingerprint density at radius 1 is 1.13 bits per heavy atom. The number of carbonyl (C=O) groups is 1. The first-order valence-corrected chi connectivity index (χ1v) is 7.29. The van der Waals surface area contributed by atoms with Gasteiger partial charge in [0.2, 0.25) is 5.88 Å². The average Bonchev–Trinajstić information content (AvgIpc) is 3.03. The van der Waals surface area contributed by atoms with Crippen LogP contribution in [0.15, 0.2) is 65.2 Å². The molecular formula is C17H13ClN2O3. The van der Waals surface area contributed by atoms with E-state index in [1.807, 2.05) is 30.3 Å². The van der Waals surface area contributed by atoms with Gasteiger partial charge in [0.25, 0.3) is 5.91 Å². The van der Waals surface area contributed by atoms with E-state index in [1.54, 1.807) is 30.3 Å². The average molecular weight is 329 g/mol. The quantitative estimate of drug-likeness (QED) is 0.768. The zero-order valence-corrected chi connectivity index (χ0v) is 12.8. The molecule has 1 N–H and O–H groups in total. The number of rotatable bonds is 5. The first kappa shape index (κ1) is 15.1. The minimum atomic E-state index is -0.326. The van der Waals surface area contributed by atoms with E-state index in [1.165, 1.54) is 0 Å². The molecule has 0 unspecified atom stereocenters. The van der Waals surface area contributed by atoms with E-state index in [0.29, 0.717) is 16.5 Å². The number of aromatic nitrogens is 1. The molecule has 6 heteroatoms. The van der Waals surface area contributed by atoms with Crippen molar-refractivity contribution in [2.24, 2.45) is 0 Å². The molecule has 0 aliphatic heterocycles. The summed E-state index contributed by atoms with van der Waals surface area (Å²) in [5.74, 6) is 0.561. The van der Waals surface area contributed by atoms with Crippen LogP contribution in [-0.4, -0.2) is 17.7 Å². The van der Waals surface area contributed by atoms with Crippen molar-refractivity contribution in [3.8, 4) is 17.0 Å². The zero-order chi connectivity index (χ0) is 16.1.